The standard InChI is InChI=1S/C33H38Si/c1-21(2)28-17-11-13-25-19-23(5)32(30(25)28)34(7,27-15-9-8-10-16-27)33-24(6)20-26-14-12-18-29(22(3)4)31(26)33/h8-18,21-22H,19-20H2,1-7H3. The fourth-order valence-electron chi connectivity index (χ4n) is 6.82. The summed E-state index contributed by atoms with van der Waals surface area (Å²) in [5.74, 6) is 1.03. The predicted octanol–water partition coefficient (Wildman–Crippen LogP) is 8.36. The van der Waals surface area contributed by atoms with Gasteiger partial charge in [0.15, 0.2) is 0 Å². The van der Waals surface area contributed by atoms with Crippen LogP contribution in [-0.4, -0.2) is 8.07 Å². The van der Waals surface area contributed by atoms with E-state index in [9.17, 15) is 0 Å². The molecule has 3 aromatic carbocycles. The Morgan fingerprint density at radius 2 is 1.03 bits per heavy atom. The van der Waals surface area contributed by atoms with E-state index in [2.05, 4.69) is 115 Å². The summed E-state index contributed by atoms with van der Waals surface area (Å²) in [6.07, 6.45) is 2.18. The van der Waals surface area contributed by atoms with Gasteiger partial charge in [-0.15, -0.1) is 0 Å². The average Bonchev–Trinajstić information content (AvgIpc) is 3.34. The van der Waals surface area contributed by atoms with Crippen molar-refractivity contribution in [3.8, 4) is 0 Å². The Bertz CT molecular complexity index is 1240. The minimum Gasteiger partial charge on any atom is -0.0683 e. The Labute approximate surface area is 207 Å². The quantitative estimate of drug-likeness (QED) is 0.334. The van der Waals surface area contributed by atoms with Crippen molar-refractivity contribution in [2.45, 2.75) is 72.8 Å². The van der Waals surface area contributed by atoms with E-state index in [1.807, 2.05) is 0 Å². The van der Waals surface area contributed by atoms with Gasteiger partial charge in [-0.3, -0.25) is 0 Å². The molecule has 0 saturated carbocycles. The summed E-state index contributed by atoms with van der Waals surface area (Å²) in [4.78, 5) is 0. The summed E-state index contributed by atoms with van der Waals surface area (Å²) in [5.41, 5.74) is 12.4. The van der Waals surface area contributed by atoms with Gasteiger partial charge in [0.1, 0.15) is 8.07 Å². The van der Waals surface area contributed by atoms with Crippen LogP contribution in [0.1, 0.15) is 86.8 Å². The molecular weight excluding hydrogens is 424 g/mol. The maximum absolute atomic E-state index is 2.65. The third-order valence-electron chi connectivity index (χ3n) is 8.23. The zero-order valence-corrected chi connectivity index (χ0v) is 22.9. The van der Waals surface area contributed by atoms with Gasteiger partial charge < -0.3 is 0 Å². The molecule has 174 valence electrons. The zero-order chi connectivity index (χ0) is 24.2. The van der Waals surface area contributed by atoms with Gasteiger partial charge in [0.05, 0.1) is 0 Å². The molecular formula is C33H38Si. The summed E-state index contributed by atoms with van der Waals surface area (Å²) in [6.45, 7) is 16.9. The molecule has 0 heterocycles. The fourth-order valence-corrected chi connectivity index (χ4v) is 12.0. The monoisotopic (exact) mass is 462 g/mol. The van der Waals surface area contributed by atoms with Crippen molar-refractivity contribution in [3.05, 3.63) is 111 Å². The number of benzene rings is 3. The largest absolute Gasteiger partial charge is 0.146 e. The Morgan fingerprint density at radius 1 is 0.588 bits per heavy atom. The van der Waals surface area contributed by atoms with E-state index >= 15 is 0 Å². The number of allylic oxidation sites excluding steroid dienone is 2. The van der Waals surface area contributed by atoms with Crippen molar-refractivity contribution < 1.29 is 0 Å². The molecule has 0 atom stereocenters. The highest BCUT2D eigenvalue weighted by Crippen LogP contribution is 2.51. The molecule has 0 aliphatic heterocycles. The highest BCUT2D eigenvalue weighted by molar-refractivity contribution is 7.18. The minimum absolute atomic E-state index is 0.516. The molecule has 0 aromatic heterocycles. The summed E-state index contributed by atoms with van der Waals surface area (Å²) >= 11 is 0. The van der Waals surface area contributed by atoms with Crippen LogP contribution in [-0.2, 0) is 12.8 Å². The van der Waals surface area contributed by atoms with Gasteiger partial charge in [-0.2, -0.15) is 0 Å². The number of hydrogen-bond acceptors (Lipinski definition) is 0. The topological polar surface area (TPSA) is 0 Å². The van der Waals surface area contributed by atoms with E-state index < -0.39 is 8.07 Å². The van der Waals surface area contributed by atoms with Gasteiger partial charge >= 0.3 is 0 Å². The van der Waals surface area contributed by atoms with Crippen LogP contribution in [0, 0.1) is 0 Å². The van der Waals surface area contributed by atoms with Gasteiger partial charge in [0, 0.05) is 0 Å². The number of hydrogen-bond donors (Lipinski definition) is 0. The molecule has 0 spiro atoms. The second kappa shape index (κ2) is 8.54. The van der Waals surface area contributed by atoms with Crippen molar-refractivity contribution in [2.24, 2.45) is 0 Å². The second-order valence-corrected chi connectivity index (χ2v) is 15.1. The maximum atomic E-state index is 2.65. The first kappa shape index (κ1) is 23.1. The molecule has 0 amide bonds. The van der Waals surface area contributed by atoms with Crippen molar-refractivity contribution in [2.75, 3.05) is 0 Å². The van der Waals surface area contributed by atoms with Gasteiger partial charge in [-0.25, -0.2) is 0 Å². The molecule has 1 heteroatoms. The molecule has 2 aliphatic carbocycles. The molecule has 0 bridgehead atoms. The van der Waals surface area contributed by atoms with Crippen molar-refractivity contribution >= 4 is 23.7 Å². The Kier molecular flexibility index (Phi) is 5.80. The lowest BCUT2D eigenvalue weighted by molar-refractivity contribution is 0.861. The van der Waals surface area contributed by atoms with E-state index in [4.69, 9.17) is 0 Å². The molecule has 0 fully saturated rings. The van der Waals surface area contributed by atoms with E-state index in [1.165, 1.54) is 27.4 Å². The summed E-state index contributed by atoms with van der Waals surface area (Å²) < 4.78 is 0. The molecule has 34 heavy (non-hydrogen) atoms. The van der Waals surface area contributed by atoms with Crippen LogP contribution in [0.2, 0.25) is 6.55 Å². The van der Waals surface area contributed by atoms with Gasteiger partial charge in [0.25, 0.3) is 0 Å². The lowest BCUT2D eigenvalue weighted by Crippen LogP contribution is -2.48. The van der Waals surface area contributed by atoms with Crippen molar-refractivity contribution in [1.82, 2.24) is 0 Å². The highest BCUT2D eigenvalue weighted by Gasteiger charge is 2.46. The lowest BCUT2D eigenvalue weighted by Gasteiger charge is -2.36. The average molecular weight is 463 g/mol. The van der Waals surface area contributed by atoms with Crippen LogP contribution in [0.25, 0.3) is 10.4 Å². The second-order valence-electron chi connectivity index (χ2n) is 11.2. The van der Waals surface area contributed by atoms with Gasteiger partial charge in [0.2, 0.25) is 0 Å². The van der Waals surface area contributed by atoms with E-state index in [0.717, 1.165) is 12.8 Å². The molecule has 0 saturated heterocycles. The molecule has 3 aromatic rings. The predicted molar refractivity (Wildman–Crippen MR) is 151 cm³/mol. The first-order valence-corrected chi connectivity index (χ1v) is 15.4. The summed E-state index contributed by atoms with van der Waals surface area (Å²) in [6, 6.07) is 25.6. The Balaban J connectivity index is 1.87. The maximum Gasteiger partial charge on any atom is 0.146 e. The molecule has 0 N–H and O–H groups in total. The van der Waals surface area contributed by atoms with Gasteiger partial charge in [-0.05, 0) is 87.5 Å². The normalized spacial score (nSPS) is 15.6. The Morgan fingerprint density at radius 3 is 1.44 bits per heavy atom. The van der Waals surface area contributed by atoms with Crippen LogP contribution in [0.5, 0.6) is 0 Å². The van der Waals surface area contributed by atoms with Crippen LogP contribution in [0.3, 0.4) is 0 Å². The van der Waals surface area contributed by atoms with E-state index in [1.54, 1.807) is 32.7 Å². The molecule has 5 rings (SSSR count). The van der Waals surface area contributed by atoms with Crippen LogP contribution < -0.4 is 5.19 Å². The molecule has 0 radical (unpaired) electrons. The Hall–Kier alpha value is -2.64. The smallest absolute Gasteiger partial charge is 0.0683 e. The van der Waals surface area contributed by atoms with E-state index in [0.29, 0.717) is 11.8 Å². The number of rotatable bonds is 5. The third kappa shape index (κ3) is 3.40. The first-order valence-electron chi connectivity index (χ1n) is 12.9. The van der Waals surface area contributed by atoms with Crippen LogP contribution >= 0.6 is 0 Å². The lowest BCUT2D eigenvalue weighted by atomic mass is 9.95. The van der Waals surface area contributed by atoms with Crippen molar-refractivity contribution in [1.29, 1.82) is 0 Å². The van der Waals surface area contributed by atoms with Crippen LogP contribution in [0.4, 0.5) is 0 Å². The van der Waals surface area contributed by atoms with Crippen LogP contribution in [0.15, 0.2) is 77.9 Å². The van der Waals surface area contributed by atoms with Gasteiger partial charge in [-0.1, -0.05) is 112 Å². The molecule has 2 aliphatic rings. The fraction of sp³-hybridized carbons (Fsp3) is 0.333. The zero-order valence-electron chi connectivity index (χ0n) is 21.9. The molecule has 0 nitrogen and oxygen atoms in total. The minimum atomic E-state index is -2.28. The summed E-state index contributed by atoms with van der Waals surface area (Å²) in [7, 11) is -2.28. The first-order chi connectivity index (χ1) is 16.2. The highest BCUT2D eigenvalue weighted by atomic mass is 28.3. The molecule has 0 unspecified atom stereocenters. The SMILES string of the molecule is CC1=C([Si](C)(C2=C(C)Cc3cccc(C(C)C)c32)c2ccccc2)c2c(cccc2C(C)C)C1. The third-order valence-corrected chi connectivity index (χ3v) is 13.1. The summed E-state index contributed by atoms with van der Waals surface area (Å²) in [5, 5.41) is 4.90. The van der Waals surface area contributed by atoms with Crippen molar-refractivity contribution in [3.63, 3.8) is 0 Å². The van der Waals surface area contributed by atoms with E-state index in [-0.39, 0.29) is 0 Å². The number of fused-ring (bicyclic) bond motifs is 2.